The number of carbonyl (C=O) groups is 3. The van der Waals surface area contributed by atoms with Crippen LogP contribution in [0.2, 0.25) is 0 Å². The highest BCUT2D eigenvalue weighted by Gasteiger charge is 2.31. The molecule has 15 heteroatoms. The average Bonchev–Trinajstić information content (AvgIpc) is 3.67. The number of benzene rings is 1. The van der Waals surface area contributed by atoms with Crippen molar-refractivity contribution in [2.24, 2.45) is 14.1 Å². The normalized spacial score (nSPS) is 15.7. The third kappa shape index (κ3) is 5.69. The largest absolute Gasteiger partial charge is 0.448 e. The quantitative estimate of drug-likeness (QED) is 0.201. The van der Waals surface area contributed by atoms with Crippen LogP contribution in [0.15, 0.2) is 70.3 Å². The molecule has 7 heterocycles. The molecule has 0 aliphatic carbocycles. The molecule has 1 fully saturated rings. The topological polar surface area (TPSA) is 173 Å². The van der Waals surface area contributed by atoms with Crippen molar-refractivity contribution in [3.63, 3.8) is 0 Å². The minimum atomic E-state index is -0.552. The van der Waals surface area contributed by atoms with Gasteiger partial charge in [0.1, 0.15) is 17.0 Å². The van der Waals surface area contributed by atoms with Gasteiger partial charge >= 0.3 is 5.69 Å². The molecule has 52 heavy (non-hydrogen) atoms. The molecule has 2 aliphatic rings. The van der Waals surface area contributed by atoms with Gasteiger partial charge in [-0.05, 0) is 48.7 Å². The summed E-state index contributed by atoms with van der Waals surface area (Å²) >= 11 is 0. The second-order valence-electron chi connectivity index (χ2n) is 12.7. The third-order valence-electron chi connectivity index (χ3n) is 9.48. The standard InChI is InChI=1S/C37H32N10O5/c1-44-15-16-47(22-7-10-27-28(17-22)46(3)37(51)45(27)2)29-20-41-33(43-34(29)44)21-6-9-26(40-19-21)36(50)39-13-4-5-23-18-25-30(52-23)12-14-38-32(25)24-8-11-31(48)42-35(24)49/h6-7,9-10,12,14,17-20,24H,8,11,13,15-16H2,1-3H3,(H,39,50)(H,42,48,49). The molecule has 260 valence electrons. The fourth-order valence-corrected chi connectivity index (χ4v) is 6.67. The van der Waals surface area contributed by atoms with E-state index in [1.54, 1.807) is 66.1 Å². The lowest BCUT2D eigenvalue weighted by atomic mass is 9.92. The van der Waals surface area contributed by atoms with Gasteiger partial charge in [0.15, 0.2) is 17.4 Å². The molecule has 1 atom stereocenters. The van der Waals surface area contributed by atoms with E-state index in [0.29, 0.717) is 40.2 Å². The summed E-state index contributed by atoms with van der Waals surface area (Å²) in [4.78, 5) is 71.8. The number of imide groups is 1. The highest BCUT2D eigenvalue weighted by Crippen LogP contribution is 2.37. The van der Waals surface area contributed by atoms with Gasteiger partial charge in [-0.3, -0.25) is 38.8 Å². The third-order valence-corrected chi connectivity index (χ3v) is 9.48. The molecule has 0 bridgehead atoms. The smallest absolute Gasteiger partial charge is 0.328 e. The molecular formula is C37H32N10O5. The number of furan rings is 1. The Morgan fingerprint density at radius 2 is 1.83 bits per heavy atom. The van der Waals surface area contributed by atoms with Crippen molar-refractivity contribution in [1.29, 1.82) is 0 Å². The highest BCUT2D eigenvalue weighted by molar-refractivity contribution is 6.02. The molecule has 2 N–H and O–H groups in total. The lowest BCUT2D eigenvalue weighted by molar-refractivity contribution is -0.134. The van der Waals surface area contributed by atoms with Crippen LogP contribution >= 0.6 is 0 Å². The predicted octanol–water partition coefficient (Wildman–Crippen LogP) is 2.76. The molecule has 5 aromatic heterocycles. The molecule has 1 unspecified atom stereocenters. The van der Waals surface area contributed by atoms with E-state index >= 15 is 0 Å². The maximum Gasteiger partial charge on any atom is 0.328 e. The molecule has 1 saturated heterocycles. The van der Waals surface area contributed by atoms with Crippen LogP contribution < -0.4 is 26.1 Å². The first-order chi connectivity index (χ1) is 25.2. The first-order valence-corrected chi connectivity index (χ1v) is 16.6. The lowest BCUT2D eigenvalue weighted by Crippen LogP contribution is -2.39. The summed E-state index contributed by atoms with van der Waals surface area (Å²) in [6.45, 7) is 1.49. The zero-order valence-electron chi connectivity index (χ0n) is 28.5. The van der Waals surface area contributed by atoms with Crippen LogP contribution in [0.5, 0.6) is 0 Å². The second kappa shape index (κ2) is 12.8. The van der Waals surface area contributed by atoms with Gasteiger partial charge in [0.2, 0.25) is 11.8 Å². The van der Waals surface area contributed by atoms with Crippen molar-refractivity contribution in [1.82, 2.24) is 39.7 Å². The van der Waals surface area contributed by atoms with Crippen LogP contribution in [0, 0.1) is 11.8 Å². The number of nitrogens with zero attached hydrogens (tertiary/aromatic N) is 8. The zero-order valence-corrected chi connectivity index (χ0v) is 28.5. The molecule has 0 saturated carbocycles. The Bertz CT molecular complexity index is 2560. The maximum absolute atomic E-state index is 12.8. The van der Waals surface area contributed by atoms with Gasteiger partial charge in [0.05, 0.1) is 35.4 Å². The number of amides is 3. The van der Waals surface area contributed by atoms with E-state index in [1.165, 1.54) is 0 Å². The number of aryl methyl sites for hydroxylation is 2. The summed E-state index contributed by atoms with van der Waals surface area (Å²) in [5.41, 5.74) is 5.34. The second-order valence-corrected chi connectivity index (χ2v) is 12.7. The number of carbonyl (C=O) groups excluding carboxylic acids is 3. The van der Waals surface area contributed by atoms with E-state index in [2.05, 4.69) is 47.2 Å². The van der Waals surface area contributed by atoms with Gasteiger partial charge in [-0.25, -0.2) is 14.8 Å². The molecule has 8 rings (SSSR count). The number of imidazole rings is 1. The lowest BCUT2D eigenvalue weighted by Gasteiger charge is -2.35. The van der Waals surface area contributed by atoms with E-state index in [1.807, 2.05) is 25.2 Å². The number of nitrogens with one attached hydrogen (secondary N) is 2. The number of aromatic nitrogens is 6. The van der Waals surface area contributed by atoms with Gasteiger partial charge in [-0.15, -0.1) is 0 Å². The minimum absolute atomic E-state index is 0.0435. The van der Waals surface area contributed by atoms with Crippen molar-refractivity contribution in [2.45, 2.75) is 18.8 Å². The van der Waals surface area contributed by atoms with E-state index < -0.39 is 11.8 Å². The number of fused-ring (bicyclic) bond motifs is 3. The Balaban J connectivity index is 0.940. The van der Waals surface area contributed by atoms with Gasteiger partial charge in [-0.1, -0.05) is 5.92 Å². The van der Waals surface area contributed by atoms with Gasteiger partial charge in [-0.2, -0.15) is 0 Å². The van der Waals surface area contributed by atoms with Crippen LogP contribution in [-0.2, 0) is 23.7 Å². The van der Waals surface area contributed by atoms with Crippen LogP contribution in [0.4, 0.5) is 17.2 Å². The van der Waals surface area contributed by atoms with E-state index in [9.17, 15) is 19.2 Å². The molecular weight excluding hydrogens is 664 g/mol. The summed E-state index contributed by atoms with van der Waals surface area (Å²) < 4.78 is 9.11. The molecule has 0 spiro atoms. The SMILES string of the molecule is CN1CCN(c2ccc3c(c2)n(C)c(=O)n3C)c2cnc(-c3ccc(C(=O)NCC#Cc4cc5c(C6CCC(=O)NC6=O)nccc5o4)nc3)nc21. The summed E-state index contributed by atoms with van der Waals surface area (Å²) in [5, 5.41) is 5.76. The van der Waals surface area contributed by atoms with E-state index in [-0.39, 0.29) is 36.2 Å². The number of rotatable bonds is 5. The fraction of sp³-hybridized carbons (Fsp3) is 0.243. The minimum Gasteiger partial charge on any atom is -0.448 e. The molecule has 3 amide bonds. The summed E-state index contributed by atoms with van der Waals surface area (Å²) in [6, 6.07) is 12.7. The predicted molar refractivity (Wildman–Crippen MR) is 192 cm³/mol. The van der Waals surface area contributed by atoms with Gasteiger partial charge in [0, 0.05) is 75.8 Å². The average molecular weight is 697 g/mol. The zero-order chi connectivity index (χ0) is 36.1. The molecule has 2 aliphatic heterocycles. The maximum atomic E-state index is 12.8. The fourth-order valence-electron chi connectivity index (χ4n) is 6.67. The van der Waals surface area contributed by atoms with E-state index in [4.69, 9.17) is 9.40 Å². The van der Waals surface area contributed by atoms with Crippen LogP contribution in [0.3, 0.4) is 0 Å². The monoisotopic (exact) mass is 696 g/mol. The van der Waals surface area contributed by atoms with E-state index in [0.717, 1.165) is 41.3 Å². The first-order valence-electron chi connectivity index (χ1n) is 16.6. The summed E-state index contributed by atoms with van der Waals surface area (Å²) in [7, 11) is 5.52. The Hall–Kier alpha value is -6.82. The number of likely N-dealkylation sites (N-methyl/N-ethyl adjacent to an activating group) is 1. The molecule has 6 aromatic rings. The van der Waals surface area contributed by atoms with Crippen LogP contribution in [0.1, 0.15) is 40.7 Å². The van der Waals surface area contributed by atoms with Crippen LogP contribution in [0.25, 0.3) is 33.4 Å². The summed E-state index contributed by atoms with van der Waals surface area (Å²) in [5.74, 6) is 5.75. The van der Waals surface area contributed by atoms with Gasteiger partial charge < -0.3 is 19.5 Å². The Morgan fingerprint density at radius 3 is 2.63 bits per heavy atom. The van der Waals surface area contributed by atoms with Crippen LogP contribution in [-0.4, -0.2) is 73.5 Å². The molecule has 15 nitrogen and oxygen atoms in total. The number of hydrogen-bond donors (Lipinski definition) is 2. The van der Waals surface area contributed by atoms with Gasteiger partial charge in [0.25, 0.3) is 5.91 Å². The molecule has 0 radical (unpaired) electrons. The van der Waals surface area contributed by atoms with Crippen molar-refractivity contribution < 1.29 is 18.8 Å². The van der Waals surface area contributed by atoms with Crippen molar-refractivity contribution in [2.75, 3.05) is 36.5 Å². The molecule has 1 aromatic carbocycles. The Morgan fingerprint density at radius 1 is 0.981 bits per heavy atom. The first kappa shape index (κ1) is 32.4. The highest BCUT2D eigenvalue weighted by atomic mass is 16.3. The Kier molecular flexibility index (Phi) is 7.98. The number of piperidine rings is 1. The van der Waals surface area contributed by atoms with Crippen molar-refractivity contribution in [3.05, 3.63) is 88.7 Å². The summed E-state index contributed by atoms with van der Waals surface area (Å²) in [6.07, 6.45) is 5.53. The van der Waals surface area contributed by atoms with Crippen molar-refractivity contribution in [3.8, 4) is 23.2 Å². The number of anilines is 3. The van der Waals surface area contributed by atoms with Crippen molar-refractivity contribution >= 4 is 56.9 Å². The number of hydrogen-bond acceptors (Lipinski definition) is 11. The number of pyridine rings is 2. The Labute approximate surface area is 296 Å².